The number of carbonyl (C=O) groups excluding carboxylic acids is 2. The van der Waals surface area contributed by atoms with Gasteiger partial charge in [0.25, 0.3) is 0 Å². The highest BCUT2D eigenvalue weighted by molar-refractivity contribution is 9.10. The molecule has 5 heteroatoms. The van der Waals surface area contributed by atoms with Crippen molar-refractivity contribution in [3.63, 3.8) is 0 Å². The average molecular weight is 287 g/mol. The van der Waals surface area contributed by atoms with Crippen LogP contribution in [0.5, 0.6) is 0 Å². The molecule has 0 amide bonds. The Morgan fingerprint density at radius 3 is 2.62 bits per heavy atom. The minimum Gasteiger partial charge on any atom is -0.465 e. The van der Waals surface area contributed by atoms with Gasteiger partial charge >= 0.3 is 11.9 Å². The van der Waals surface area contributed by atoms with Crippen molar-refractivity contribution in [2.75, 3.05) is 7.11 Å². The molecule has 0 heterocycles. The zero-order chi connectivity index (χ0) is 12.1. The minimum absolute atomic E-state index is 0.0548. The summed E-state index contributed by atoms with van der Waals surface area (Å²) in [5, 5.41) is 0. The van der Waals surface area contributed by atoms with Crippen LogP contribution >= 0.6 is 15.9 Å². The summed E-state index contributed by atoms with van der Waals surface area (Å²) in [6, 6.07) is 5.19. The molecule has 0 N–H and O–H groups in total. The van der Waals surface area contributed by atoms with E-state index in [1.165, 1.54) is 14.0 Å². The van der Waals surface area contributed by atoms with Crippen LogP contribution in [0.3, 0.4) is 0 Å². The predicted octanol–water partition coefficient (Wildman–Crippen LogP) is 2.30. The third-order valence-electron chi connectivity index (χ3n) is 1.92. The van der Waals surface area contributed by atoms with Crippen LogP contribution in [0.2, 0.25) is 0 Å². The van der Waals surface area contributed by atoms with E-state index in [4.69, 9.17) is 4.74 Å². The summed E-state index contributed by atoms with van der Waals surface area (Å²) in [6.45, 7) is 1.37. The fourth-order valence-corrected chi connectivity index (χ4v) is 1.77. The number of methoxy groups -OCH3 is 1. The quantitative estimate of drug-likeness (QED) is 0.800. The molecule has 0 aliphatic rings. The Labute approximate surface area is 102 Å². The van der Waals surface area contributed by atoms with E-state index in [-0.39, 0.29) is 6.61 Å². The van der Waals surface area contributed by atoms with Crippen molar-refractivity contribution in [3.8, 4) is 0 Å². The van der Waals surface area contributed by atoms with E-state index >= 15 is 0 Å². The van der Waals surface area contributed by atoms with E-state index in [0.717, 1.165) is 0 Å². The monoisotopic (exact) mass is 286 g/mol. The second-order valence-corrected chi connectivity index (χ2v) is 3.90. The third kappa shape index (κ3) is 3.06. The standard InChI is InChI=1S/C11H11BrO4/c1-7(13)16-6-8-4-3-5-9(12)10(8)11(14)15-2/h3-5H,6H2,1-2H3. The molecule has 1 aromatic carbocycles. The van der Waals surface area contributed by atoms with Crippen LogP contribution in [0.25, 0.3) is 0 Å². The molecule has 0 saturated heterocycles. The Hall–Kier alpha value is -1.36. The molecule has 0 saturated carbocycles. The van der Waals surface area contributed by atoms with Crippen molar-refractivity contribution in [2.45, 2.75) is 13.5 Å². The number of esters is 2. The topological polar surface area (TPSA) is 52.6 Å². The van der Waals surface area contributed by atoms with Gasteiger partial charge in [-0.2, -0.15) is 0 Å². The first-order chi connectivity index (χ1) is 7.56. The first-order valence-corrected chi connectivity index (χ1v) is 5.34. The summed E-state index contributed by atoms with van der Waals surface area (Å²) in [6.07, 6.45) is 0. The predicted molar refractivity (Wildman–Crippen MR) is 61.0 cm³/mol. The van der Waals surface area contributed by atoms with Gasteiger partial charge in [-0.15, -0.1) is 0 Å². The number of ether oxygens (including phenoxy) is 2. The number of rotatable bonds is 3. The zero-order valence-electron chi connectivity index (χ0n) is 8.95. The second kappa shape index (κ2) is 5.65. The lowest BCUT2D eigenvalue weighted by Gasteiger charge is -2.09. The molecule has 0 unspecified atom stereocenters. The maximum atomic E-state index is 11.5. The van der Waals surface area contributed by atoms with Gasteiger partial charge in [-0.25, -0.2) is 4.79 Å². The Balaban J connectivity index is 3.03. The van der Waals surface area contributed by atoms with E-state index < -0.39 is 11.9 Å². The summed E-state index contributed by atoms with van der Waals surface area (Å²) >= 11 is 3.25. The lowest BCUT2D eigenvalue weighted by atomic mass is 10.1. The molecule has 0 aliphatic heterocycles. The molecular weight excluding hydrogens is 276 g/mol. The van der Waals surface area contributed by atoms with Gasteiger partial charge in [0.2, 0.25) is 0 Å². The third-order valence-corrected chi connectivity index (χ3v) is 2.58. The molecule has 1 rings (SSSR count). The molecule has 1 aromatic rings. The lowest BCUT2D eigenvalue weighted by molar-refractivity contribution is -0.142. The summed E-state index contributed by atoms with van der Waals surface area (Å²) in [7, 11) is 1.30. The Bertz CT molecular complexity index is 414. The number of halogens is 1. The molecule has 16 heavy (non-hydrogen) atoms. The molecule has 0 bridgehead atoms. The summed E-state index contributed by atoms with van der Waals surface area (Å²) < 4.78 is 10.1. The van der Waals surface area contributed by atoms with Crippen LogP contribution in [0.15, 0.2) is 22.7 Å². The van der Waals surface area contributed by atoms with Gasteiger partial charge in [0.05, 0.1) is 12.7 Å². The second-order valence-electron chi connectivity index (χ2n) is 3.05. The highest BCUT2D eigenvalue weighted by atomic mass is 79.9. The largest absolute Gasteiger partial charge is 0.465 e. The van der Waals surface area contributed by atoms with Crippen LogP contribution < -0.4 is 0 Å². The highest BCUT2D eigenvalue weighted by Gasteiger charge is 2.15. The van der Waals surface area contributed by atoms with Crippen LogP contribution in [0.4, 0.5) is 0 Å². The first kappa shape index (κ1) is 12.7. The van der Waals surface area contributed by atoms with Crippen molar-refractivity contribution < 1.29 is 19.1 Å². The number of carbonyl (C=O) groups is 2. The fourth-order valence-electron chi connectivity index (χ4n) is 1.20. The van der Waals surface area contributed by atoms with Gasteiger partial charge in [-0.3, -0.25) is 4.79 Å². The van der Waals surface area contributed by atoms with Crippen LogP contribution in [-0.2, 0) is 20.9 Å². The van der Waals surface area contributed by atoms with E-state index in [9.17, 15) is 9.59 Å². The van der Waals surface area contributed by atoms with Crippen molar-refractivity contribution in [2.24, 2.45) is 0 Å². The van der Waals surface area contributed by atoms with Gasteiger partial charge in [0.15, 0.2) is 0 Å². The Kier molecular flexibility index (Phi) is 4.49. The maximum Gasteiger partial charge on any atom is 0.339 e. The van der Waals surface area contributed by atoms with E-state index in [2.05, 4.69) is 20.7 Å². The number of hydrogen-bond donors (Lipinski definition) is 0. The average Bonchev–Trinajstić information content (AvgIpc) is 2.25. The molecular formula is C11H11BrO4. The first-order valence-electron chi connectivity index (χ1n) is 4.55. The van der Waals surface area contributed by atoms with Crippen molar-refractivity contribution in [1.82, 2.24) is 0 Å². The van der Waals surface area contributed by atoms with E-state index in [0.29, 0.717) is 15.6 Å². The van der Waals surface area contributed by atoms with Crippen molar-refractivity contribution in [1.29, 1.82) is 0 Å². The van der Waals surface area contributed by atoms with Crippen LogP contribution in [-0.4, -0.2) is 19.0 Å². The molecule has 0 aromatic heterocycles. The number of hydrogen-bond acceptors (Lipinski definition) is 4. The maximum absolute atomic E-state index is 11.5. The summed E-state index contributed by atoms with van der Waals surface area (Å²) in [5.41, 5.74) is 0.989. The Morgan fingerprint density at radius 1 is 1.38 bits per heavy atom. The molecule has 0 radical (unpaired) electrons. The molecule has 0 fully saturated rings. The van der Waals surface area contributed by atoms with E-state index in [1.54, 1.807) is 18.2 Å². The smallest absolute Gasteiger partial charge is 0.339 e. The molecule has 0 aliphatic carbocycles. The van der Waals surface area contributed by atoms with E-state index in [1.807, 2.05) is 0 Å². The van der Waals surface area contributed by atoms with Gasteiger partial charge in [0, 0.05) is 17.0 Å². The SMILES string of the molecule is COC(=O)c1c(Br)cccc1COC(C)=O. The lowest BCUT2D eigenvalue weighted by Crippen LogP contribution is -2.09. The van der Waals surface area contributed by atoms with Gasteiger partial charge in [-0.05, 0) is 22.0 Å². The van der Waals surface area contributed by atoms with Crippen molar-refractivity contribution in [3.05, 3.63) is 33.8 Å². The Morgan fingerprint density at radius 2 is 2.06 bits per heavy atom. The molecule has 0 atom stereocenters. The zero-order valence-corrected chi connectivity index (χ0v) is 10.5. The van der Waals surface area contributed by atoms with Gasteiger partial charge in [0.1, 0.15) is 6.61 Å². The van der Waals surface area contributed by atoms with Gasteiger partial charge in [-0.1, -0.05) is 12.1 Å². The highest BCUT2D eigenvalue weighted by Crippen LogP contribution is 2.22. The fraction of sp³-hybridized carbons (Fsp3) is 0.273. The normalized spacial score (nSPS) is 9.69. The minimum atomic E-state index is -0.463. The summed E-state index contributed by atoms with van der Waals surface area (Å²) in [4.78, 5) is 22.2. The van der Waals surface area contributed by atoms with Gasteiger partial charge < -0.3 is 9.47 Å². The molecule has 0 spiro atoms. The van der Waals surface area contributed by atoms with Crippen LogP contribution in [0, 0.1) is 0 Å². The molecule has 86 valence electrons. The number of benzene rings is 1. The van der Waals surface area contributed by atoms with Crippen LogP contribution in [0.1, 0.15) is 22.8 Å². The molecule has 4 nitrogen and oxygen atoms in total. The van der Waals surface area contributed by atoms with Crippen molar-refractivity contribution >= 4 is 27.9 Å². The summed E-state index contributed by atoms with van der Waals surface area (Å²) in [5.74, 6) is -0.856.